The first-order valence-electron chi connectivity index (χ1n) is 10.6. The first kappa shape index (κ1) is 24.4. The summed E-state index contributed by atoms with van der Waals surface area (Å²) >= 11 is 7.40. The molecule has 6 nitrogen and oxygen atoms in total. The molecule has 0 atom stereocenters. The van der Waals surface area contributed by atoms with Gasteiger partial charge >= 0.3 is 0 Å². The van der Waals surface area contributed by atoms with Gasteiger partial charge in [-0.3, -0.25) is 5.43 Å². The van der Waals surface area contributed by atoms with E-state index >= 15 is 0 Å². The van der Waals surface area contributed by atoms with E-state index < -0.39 is 0 Å². The van der Waals surface area contributed by atoms with Gasteiger partial charge in [0, 0.05) is 32.3 Å². The molecule has 1 aliphatic heterocycles. The summed E-state index contributed by atoms with van der Waals surface area (Å²) in [6, 6.07) is 3.71. The van der Waals surface area contributed by atoms with Crippen LogP contribution >= 0.6 is 23.4 Å². The van der Waals surface area contributed by atoms with Gasteiger partial charge in [0.25, 0.3) is 0 Å². The number of oxazole rings is 1. The molecule has 2 aromatic heterocycles. The minimum atomic E-state index is 0.364. The fraction of sp³-hybridized carbons (Fsp3) is 0.417. The molecular weight excluding hydrogens is 444 g/mol. The molecule has 32 heavy (non-hydrogen) atoms. The number of terminal acetylenes is 1. The summed E-state index contributed by atoms with van der Waals surface area (Å²) in [6.45, 7) is 5.84. The minimum absolute atomic E-state index is 0.364. The van der Waals surface area contributed by atoms with Crippen molar-refractivity contribution in [2.24, 2.45) is 0 Å². The number of nitrogens with zero attached hydrogens (tertiary/aromatic N) is 3. The molecule has 0 spiro atoms. The second-order valence-corrected chi connectivity index (χ2v) is 8.98. The van der Waals surface area contributed by atoms with E-state index in [-0.39, 0.29) is 0 Å². The van der Waals surface area contributed by atoms with Gasteiger partial charge in [0.05, 0.1) is 5.02 Å². The van der Waals surface area contributed by atoms with E-state index in [9.17, 15) is 0 Å². The molecule has 0 radical (unpaired) electrons. The smallest absolute Gasteiger partial charge is 0.199 e. The molecule has 1 aliphatic carbocycles. The predicted octanol–water partition coefficient (Wildman–Crippen LogP) is 5.58. The number of nitrogens with one attached hydrogen (secondary N) is 1. The predicted molar refractivity (Wildman–Crippen MR) is 128 cm³/mol. The average Bonchev–Trinajstić information content (AvgIpc) is 3.56. The summed E-state index contributed by atoms with van der Waals surface area (Å²) in [4.78, 5) is 9.07. The van der Waals surface area contributed by atoms with E-state index in [2.05, 4.69) is 40.9 Å². The Bertz CT molecular complexity index is 980. The summed E-state index contributed by atoms with van der Waals surface area (Å²) in [6.07, 6.45) is 13.6. The molecule has 0 aromatic carbocycles. The van der Waals surface area contributed by atoms with Gasteiger partial charge in [0.15, 0.2) is 11.0 Å². The maximum absolute atomic E-state index is 6.08. The van der Waals surface area contributed by atoms with Gasteiger partial charge in [0.2, 0.25) is 0 Å². The topological polar surface area (TPSA) is 63.4 Å². The molecule has 1 N–H and O–H groups in total. The highest BCUT2D eigenvalue weighted by Crippen LogP contribution is 2.42. The van der Waals surface area contributed by atoms with Crippen LogP contribution in [0.5, 0.6) is 0 Å². The Kier molecular flexibility index (Phi) is 9.24. The quantitative estimate of drug-likeness (QED) is 0.417. The third-order valence-electron chi connectivity index (χ3n) is 4.85. The van der Waals surface area contributed by atoms with Crippen LogP contribution in [-0.2, 0) is 11.3 Å². The number of ether oxygens (including phenoxy) is 1. The third-order valence-corrected chi connectivity index (χ3v) is 6.03. The molecule has 170 valence electrons. The largest absolute Gasteiger partial charge is 0.487 e. The Morgan fingerprint density at radius 2 is 2.25 bits per heavy atom. The van der Waals surface area contributed by atoms with Crippen molar-refractivity contribution in [3.63, 3.8) is 0 Å². The lowest BCUT2D eigenvalue weighted by Gasteiger charge is -2.25. The van der Waals surface area contributed by atoms with Gasteiger partial charge in [-0.2, -0.15) is 0 Å². The van der Waals surface area contributed by atoms with Gasteiger partial charge in [0.1, 0.15) is 23.1 Å². The van der Waals surface area contributed by atoms with Crippen LogP contribution in [0.4, 0.5) is 0 Å². The fourth-order valence-corrected chi connectivity index (χ4v) is 3.84. The van der Waals surface area contributed by atoms with Crippen LogP contribution in [0.2, 0.25) is 5.02 Å². The number of hydrogen-bond acceptors (Lipinski definition) is 7. The molecule has 4 rings (SSSR count). The van der Waals surface area contributed by atoms with Gasteiger partial charge in [-0.25, -0.2) is 15.0 Å². The Morgan fingerprint density at radius 1 is 1.47 bits per heavy atom. The van der Waals surface area contributed by atoms with E-state index in [0.717, 1.165) is 59.8 Å². The molecule has 2 fully saturated rings. The van der Waals surface area contributed by atoms with Crippen LogP contribution in [0.3, 0.4) is 0 Å². The van der Waals surface area contributed by atoms with Crippen molar-refractivity contribution >= 4 is 23.4 Å². The van der Waals surface area contributed by atoms with Crippen molar-refractivity contribution in [3.05, 3.63) is 58.4 Å². The summed E-state index contributed by atoms with van der Waals surface area (Å²) in [5.41, 5.74) is 5.48. The Labute approximate surface area is 199 Å². The zero-order chi connectivity index (χ0) is 22.9. The zero-order valence-electron chi connectivity index (χ0n) is 18.7. The van der Waals surface area contributed by atoms with E-state index in [1.165, 1.54) is 17.3 Å². The van der Waals surface area contributed by atoms with E-state index in [1.807, 2.05) is 25.1 Å². The van der Waals surface area contributed by atoms with Crippen LogP contribution in [0.1, 0.15) is 50.6 Å². The van der Waals surface area contributed by atoms with Crippen LogP contribution in [0.25, 0.3) is 0 Å². The first-order chi connectivity index (χ1) is 15.5. The molecule has 2 aromatic rings. The maximum Gasteiger partial charge on any atom is 0.199 e. The number of hydrogen-bond donors (Lipinski definition) is 1. The number of aromatic nitrogens is 2. The Morgan fingerprint density at radius 3 is 2.84 bits per heavy atom. The second kappa shape index (κ2) is 12.1. The highest BCUT2D eigenvalue weighted by molar-refractivity contribution is 7.99. The molecule has 1 saturated heterocycles. The average molecular weight is 473 g/mol. The van der Waals surface area contributed by atoms with Gasteiger partial charge in [-0.05, 0) is 69.2 Å². The van der Waals surface area contributed by atoms with E-state index in [0.29, 0.717) is 17.5 Å². The SMILES string of the molecule is C#CC.C/C=C(\C=C1\CCN(C)NC1)OCc1nc(C2CC2)oc1Sc1ccc(Cl)cn1. The molecule has 3 heterocycles. The number of allylic oxidation sites excluding steroid dienone is 2. The highest BCUT2D eigenvalue weighted by Gasteiger charge is 2.30. The summed E-state index contributed by atoms with van der Waals surface area (Å²) in [7, 11) is 2.06. The lowest BCUT2D eigenvalue weighted by atomic mass is 10.1. The molecule has 0 bridgehead atoms. The maximum atomic E-state index is 6.08. The van der Waals surface area contributed by atoms with Crippen molar-refractivity contribution in [3.8, 4) is 12.3 Å². The molecule has 0 amide bonds. The number of rotatable bonds is 7. The van der Waals surface area contributed by atoms with Gasteiger partial charge < -0.3 is 9.15 Å². The second-order valence-electron chi connectivity index (χ2n) is 7.55. The fourth-order valence-electron chi connectivity index (χ4n) is 2.95. The van der Waals surface area contributed by atoms with Crippen LogP contribution < -0.4 is 5.43 Å². The summed E-state index contributed by atoms with van der Waals surface area (Å²) in [5.74, 6) is 4.35. The molecule has 2 aliphatic rings. The minimum Gasteiger partial charge on any atom is -0.487 e. The highest BCUT2D eigenvalue weighted by atomic mass is 35.5. The van der Waals surface area contributed by atoms with Crippen LogP contribution in [0, 0.1) is 12.3 Å². The molecule has 0 unspecified atom stereocenters. The van der Waals surface area contributed by atoms with Crippen molar-refractivity contribution in [2.45, 2.75) is 55.8 Å². The van der Waals surface area contributed by atoms with Crippen LogP contribution in [-0.4, -0.2) is 35.1 Å². The first-order valence-corrected chi connectivity index (χ1v) is 11.8. The standard InChI is InChI=1S/C21H25ClN4O2S.C3H4/c1-3-17(10-14-8-9-26(2)24-11-14)27-13-18-21(28-20(25-18)15-4-5-15)29-19-7-6-16(22)12-23-19;1-3-2/h3,6-7,10,12,15,24H,4-5,8-9,11,13H2,1-2H3;1H,2H3/b14-10-,17-3+;. The van der Waals surface area contributed by atoms with Crippen LogP contribution in [0.15, 0.2) is 56.3 Å². The molecular formula is C24H29ClN4O2S. The number of pyridine rings is 1. The summed E-state index contributed by atoms with van der Waals surface area (Å²) < 4.78 is 12.1. The molecule has 8 heteroatoms. The Balaban J connectivity index is 0.000000913. The Hall–Kier alpha value is -2.24. The van der Waals surface area contributed by atoms with E-state index in [4.69, 9.17) is 25.7 Å². The lowest BCUT2D eigenvalue weighted by Crippen LogP contribution is -2.41. The van der Waals surface area contributed by atoms with Crippen molar-refractivity contribution in [1.29, 1.82) is 0 Å². The molecule has 1 saturated carbocycles. The monoisotopic (exact) mass is 472 g/mol. The normalized spacial score (nSPS) is 18.1. The van der Waals surface area contributed by atoms with Crippen molar-refractivity contribution < 1.29 is 9.15 Å². The number of halogens is 1. The zero-order valence-corrected chi connectivity index (χ0v) is 20.3. The van der Waals surface area contributed by atoms with Gasteiger partial charge in [-0.15, -0.1) is 12.3 Å². The number of hydrazine groups is 1. The van der Waals surface area contributed by atoms with Gasteiger partial charge in [-0.1, -0.05) is 17.2 Å². The van der Waals surface area contributed by atoms with Crippen molar-refractivity contribution in [1.82, 2.24) is 20.4 Å². The van der Waals surface area contributed by atoms with Crippen molar-refractivity contribution in [2.75, 3.05) is 20.1 Å². The van der Waals surface area contributed by atoms with E-state index in [1.54, 1.807) is 13.1 Å². The lowest BCUT2D eigenvalue weighted by molar-refractivity contribution is 0.199. The third kappa shape index (κ3) is 7.42. The summed E-state index contributed by atoms with van der Waals surface area (Å²) in [5, 5.41) is 4.28.